The van der Waals surface area contributed by atoms with E-state index in [1.54, 1.807) is 0 Å². The fourth-order valence-corrected chi connectivity index (χ4v) is 3.71. The lowest BCUT2D eigenvalue weighted by Crippen LogP contribution is -2.17. The van der Waals surface area contributed by atoms with Gasteiger partial charge in [-0.1, -0.05) is 43.4 Å². The van der Waals surface area contributed by atoms with Crippen LogP contribution in [0.2, 0.25) is 13.1 Å². The van der Waals surface area contributed by atoms with Crippen molar-refractivity contribution in [3.8, 4) is 0 Å². The Kier molecular flexibility index (Phi) is 6.02. The summed E-state index contributed by atoms with van der Waals surface area (Å²) in [5.41, 5.74) is 0.450. The molecule has 0 amide bonds. The summed E-state index contributed by atoms with van der Waals surface area (Å²) >= 11 is 2.41. The molecule has 0 spiro atoms. The van der Waals surface area contributed by atoms with Gasteiger partial charge in [-0.05, 0) is 31.4 Å². The number of alkyl halides is 1. The molecule has 3 heteroatoms. The van der Waals surface area contributed by atoms with Gasteiger partial charge < -0.3 is 4.43 Å². The predicted molar refractivity (Wildman–Crippen MR) is 66.5 cm³/mol. The van der Waals surface area contributed by atoms with Crippen molar-refractivity contribution >= 4 is 31.6 Å². The second-order valence-electron chi connectivity index (χ2n) is 4.69. The summed E-state index contributed by atoms with van der Waals surface area (Å²) in [7, 11) is -0.821. The lowest BCUT2D eigenvalue weighted by Gasteiger charge is -2.21. The zero-order chi connectivity index (χ0) is 9.78. The number of hydrogen-bond acceptors (Lipinski definition) is 1. The molecule has 0 N–H and O–H groups in total. The van der Waals surface area contributed by atoms with E-state index in [2.05, 4.69) is 56.5 Å². The van der Waals surface area contributed by atoms with Gasteiger partial charge in [-0.15, -0.1) is 0 Å². The summed E-state index contributed by atoms with van der Waals surface area (Å²) in [5, 5.41) is 0. The summed E-state index contributed by atoms with van der Waals surface area (Å²) in [6, 6.07) is 0. The Morgan fingerprint density at radius 3 is 2.17 bits per heavy atom. The minimum Gasteiger partial charge on any atom is -0.409 e. The van der Waals surface area contributed by atoms with Crippen molar-refractivity contribution in [3.05, 3.63) is 0 Å². The van der Waals surface area contributed by atoms with Crippen molar-refractivity contribution < 1.29 is 4.43 Å². The molecule has 0 aromatic carbocycles. The molecule has 0 saturated carbocycles. The normalized spacial score (nSPS) is 15.2. The first-order chi connectivity index (χ1) is 5.31. The summed E-state index contributed by atoms with van der Waals surface area (Å²) < 4.78 is 6.21. The summed E-state index contributed by atoms with van der Waals surface area (Å²) in [5.74, 6) is 0. The highest BCUT2D eigenvalue weighted by Crippen LogP contribution is 2.24. The lowest BCUT2D eigenvalue weighted by atomic mass is 9.91. The standard InChI is InChI=1S/C9H21IOSi/c1-9(2,3)7-6-8(10)11-12(4)5/h8,12H,6-7H2,1-5H3. The first kappa shape index (κ1) is 12.9. The van der Waals surface area contributed by atoms with Crippen LogP contribution in [-0.2, 0) is 4.43 Å². The van der Waals surface area contributed by atoms with Crippen molar-refractivity contribution in [3.63, 3.8) is 0 Å². The maximum absolute atomic E-state index is 5.77. The van der Waals surface area contributed by atoms with Gasteiger partial charge in [0.1, 0.15) is 0 Å². The van der Waals surface area contributed by atoms with E-state index >= 15 is 0 Å². The van der Waals surface area contributed by atoms with Crippen molar-refractivity contribution in [1.82, 2.24) is 0 Å². The van der Waals surface area contributed by atoms with Crippen LogP contribution in [0.15, 0.2) is 0 Å². The van der Waals surface area contributed by atoms with Gasteiger partial charge in [-0.3, -0.25) is 0 Å². The highest BCUT2D eigenvalue weighted by Gasteiger charge is 2.14. The average Bonchev–Trinajstić information content (AvgIpc) is 1.80. The average molecular weight is 300 g/mol. The van der Waals surface area contributed by atoms with E-state index < -0.39 is 9.04 Å². The number of halogens is 1. The third-order valence-electron chi connectivity index (χ3n) is 1.54. The predicted octanol–water partition coefficient (Wildman–Crippen LogP) is 3.57. The third-order valence-corrected chi connectivity index (χ3v) is 3.88. The fraction of sp³-hybridized carbons (Fsp3) is 1.00. The van der Waals surface area contributed by atoms with E-state index in [0.29, 0.717) is 9.53 Å². The van der Waals surface area contributed by atoms with Crippen LogP contribution in [0.1, 0.15) is 33.6 Å². The topological polar surface area (TPSA) is 9.23 Å². The molecule has 0 aliphatic carbocycles. The Bertz CT molecular complexity index is 120. The molecule has 1 nitrogen and oxygen atoms in total. The van der Waals surface area contributed by atoms with Gasteiger partial charge in [0.15, 0.2) is 9.04 Å². The molecule has 0 radical (unpaired) electrons. The van der Waals surface area contributed by atoms with Gasteiger partial charge >= 0.3 is 0 Å². The van der Waals surface area contributed by atoms with Gasteiger partial charge in [0.25, 0.3) is 0 Å². The van der Waals surface area contributed by atoms with Crippen molar-refractivity contribution in [2.24, 2.45) is 5.41 Å². The summed E-state index contributed by atoms with van der Waals surface area (Å²) in [4.78, 5) is 0. The second-order valence-corrected chi connectivity index (χ2v) is 8.45. The van der Waals surface area contributed by atoms with Crippen molar-refractivity contribution in [2.75, 3.05) is 0 Å². The molecule has 12 heavy (non-hydrogen) atoms. The van der Waals surface area contributed by atoms with Gasteiger partial charge in [-0.25, -0.2) is 0 Å². The fourth-order valence-electron chi connectivity index (χ4n) is 0.910. The van der Waals surface area contributed by atoms with E-state index in [9.17, 15) is 0 Å². The van der Waals surface area contributed by atoms with Crippen LogP contribution in [0, 0.1) is 5.41 Å². The SMILES string of the molecule is C[SiH](C)OC(I)CCC(C)(C)C. The Morgan fingerprint density at radius 2 is 1.83 bits per heavy atom. The minimum absolute atomic E-state index is 0.438. The van der Waals surface area contributed by atoms with E-state index in [4.69, 9.17) is 4.43 Å². The second kappa shape index (κ2) is 5.60. The van der Waals surface area contributed by atoms with Crippen molar-refractivity contribution in [1.29, 1.82) is 0 Å². The monoisotopic (exact) mass is 300 g/mol. The molecule has 0 rings (SSSR count). The zero-order valence-corrected chi connectivity index (χ0v) is 12.2. The Morgan fingerprint density at radius 1 is 1.33 bits per heavy atom. The van der Waals surface area contributed by atoms with E-state index in [1.807, 2.05) is 0 Å². The van der Waals surface area contributed by atoms with E-state index in [0.717, 1.165) is 0 Å². The molecule has 1 atom stereocenters. The van der Waals surface area contributed by atoms with Crippen LogP contribution in [0.5, 0.6) is 0 Å². The zero-order valence-electron chi connectivity index (χ0n) is 8.86. The summed E-state index contributed by atoms with van der Waals surface area (Å²) in [6.07, 6.45) is 2.44. The molecule has 0 aromatic heterocycles. The van der Waals surface area contributed by atoms with E-state index in [1.165, 1.54) is 12.8 Å². The number of rotatable bonds is 4. The molecule has 0 saturated heterocycles. The molecule has 0 heterocycles. The maximum atomic E-state index is 5.77. The largest absolute Gasteiger partial charge is 0.409 e. The lowest BCUT2D eigenvalue weighted by molar-refractivity contribution is 0.258. The van der Waals surface area contributed by atoms with Crippen LogP contribution in [-0.4, -0.2) is 13.2 Å². The number of hydrogen-bond donors (Lipinski definition) is 0. The highest BCUT2D eigenvalue weighted by atomic mass is 127. The molecule has 0 aliphatic rings. The van der Waals surface area contributed by atoms with Gasteiger partial charge in [-0.2, -0.15) is 0 Å². The molecular weight excluding hydrogens is 279 g/mol. The molecule has 1 unspecified atom stereocenters. The van der Waals surface area contributed by atoms with Gasteiger partial charge in [0.2, 0.25) is 0 Å². The molecular formula is C9H21IOSi. The summed E-state index contributed by atoms with van der Waals surface area (Å²) in [6.45, 7) is 11.3. The molecule has 0 bridgehead atoms. The van der Waals surface area contributed by atoms with Crippen LogP contribution in [0.4, 0.5) is 0 Å². The van der Waals surface area contributed by atoms with Crippen LogP contribution >= 0.6 is 22.6 Å². The highest BCUT2D eigenvalue weighted by molar-refractivity contribution is 14.1. The quantitative estimate of drug-likeness (QED) is 0.438. The smallest absolute Gasteiger partial charge is 0.172 e. The van der Waals surface area contributed by atoms with Crippen LogP contribution in [0.3, 0.4) is 0 Å². The Labute approximate surface area is 92.1 Å². The van der Waals surface area contributed by atoms with Crippen LogP contribution in [0.25, 0.3) is 0 Å². The molecule has 0 fully saturated rings. The van der Waals surface area contributed by atoms with E-state index in [-0.39, 0.29) is 0 Å². The third kappa shape index (κ3) is 9.00. The first-order valence-corrected chi connectivity index (χ1v) is 8.63. The Balaban J connectivity index is 3.51. The molecule has 0 aromatic rings. The van der Waals surface area contributed by atoms with Crippen molar-refractivity contribution in [2.45, 2.75) is 50.8 Å². The van der Waals surface area contributed by atoms with Crippen LogP contribution < -0.4 is 0 Å². The first-order valence-electron chi connectivity index (χ1n) is 4.61. The minimum atomic E-state index is -0.821. The molecule has 0 aliphatic heterocycles. The van der Waals surface area contributed by atoms with Gasteiger partial charge in [0.05, 0.1) is 4.11 Å². The van der Waals surface area contributed by atoms with Gasteiger partial charge in [0, 0.05) is 0 Å². The molecule has 74 valence electrons. The Hall–Kier alpha value is 0.907. The maximum Gasteiger partial charge on any atom is 0.172 e.